The standard InChI is InChI=1S/C10H14N4/c1-7-2-3-8(11)6-9(7)14-10-12-4-5-13-10/h2-3,6H,4-5,11H2,1H3,(H2,12,13,14). The number of rotatable bonds is 1. The molecule has 0 saturated carbocycles. The third kappa shape index (κ3) is 1.79. The minimum atomic E-state index is 0.761. The first kappa shape index (κ1) is 8.87. The summed E-state index contributed by atoms with van der Waals surface area (Å²) >= 11 is 0. The van der Waals surface area contributed by atoms with Gasteiger partial charge in [0.2, 0.25) is 0 Å². The number of nitrogens with one attached hydrogen (secondary N) is 2. The van der Waals surface area contributed by atoms with Gasteiger partial charge in [0.1, 0.15) is 0 Å². The van der Waals surface area contributed by atoms with Crippen molar-refractivity contribution in [2.75, 3.05) is 24.1 Å². The second-order valence-electron chi connectivity index (χ2n) is 3.36. The Morgan fingerprint density at radius 1 is 1.50 bits per heavy atom. The summed E-state index contributed by atoms with van der Waals surface area (Å²) in [7, 11) is 0. The van der Waals surface area contributed by atoms with E-state index in [-0.39, 0.29) is 0 Å². The summed E-state index contributed by atoms with van der Waals surface area (Å²) in [6.45, 7) is 3.78. The summed E-state index contributed by atoms with van der Waals surface area (Å²) in [5, 5.41) is 6.36. The normalized spacial score (nSPS) is 14.8. The van der Waals surface area contributed by atoms with Crippen LogP contribution in [0.1, 0.15) is 5.56 Å². The highest BCUT2D eigenvalue weighted by atomic mass is 15.2. The smallest absolute Gasteiger partial charge is 0.195 e. The van der Waals surface area contributed by atoms with E-state index in [0.717, 1.165) is 36.0 Å². The maximum absolute atomic E-state index is 5.70. The van der Waals surface area contributed by atoms with Crippen LogP contribution in [-0.4, -0.2) is 19.0 Å². The first-order chi connectivity index (χ1) is 6.75. The van der Waals surface area contributed by atoms with E-state index in [9.17, 15) is 0 Å². The minimum Gasteiger partial charge on any atom is -0.399 e. The van der Waals surface area contributed by atoms with Crippen LogP contribution in [-0.2, 0) is 0 Å². The number of nitrogens with two attached hydrogens (primary N) is 1. The van der Waals surface area contributed by atoms with Crippen molar-refractivity contribution in [2.45, 2.75) is 6.92 Å². The van der Waals surface area contributed by atoms with Crippen LogP contribution in [0.25, 0.3) is 0 Å². The van der Waals surface area contributed by atoms with Crippen LogP contribution in [0.15, 0.2) is 23.2 Å². The van der Waals surface area contributed by atoms with E-state index in [1.54, 1.807) is 0 Å². The molecule has 0 radical (unpaired) electrons. The van der Waals surface area contributed by atoms with Crippen LogP contribution in [0.3, 0.4) is 0 Å². The van der Waals surface area contributed by atoms with Crippen LogP contribution in [0, 0.1) is 6.92 Å². The summed E-state index contributed by atoms with van der Waals surface area (Å²) in [6.07, 6.45) is 0. The lowest BCUT2D eigenvalue weighted by Gasteiger charge is -2.09. The molecular weight excluding hydrogens is 176 g/mol. The number of benzene rings is 1. The van der Waals surface area contributed by atoms with E-state index < -0.39 is 0 Å². The van der Waals surface area contributed by atoms with Crippen molar-refractivity contribution >= 4 is 17.3 Å². The second kappa shape index (κ2) is 3.57. The lowest BCUT2D eigenvalue weighted by atomic mass is 10.2. The van der Waals surface area contributed by atoms with Gasteiger partial charge in [0.25, 0.3) is 0 Å². The number of anilines is 2. The lowest BCUT2D eigenvalue weighted by Crippen LogP contribution is -2.26. The fourth-order valence-corrected chi connectivity index (χ4v) is 1.38. The van der Waals surface area contributed by atoms with E-state index in [0.29, 0.717) is 0 Å². The Bertz CT molecular complexity index is 370. The molecule has 1 aromatic rings. The summed E-state index contributed by atoms with van der Waals surface area (Å²) in [5.74, 6) is 0.832. The van der Waals surface area contributed by atoms with E-state index in [2.05, 4.69) is 15.6 Å². The number of hydrogen-bond acceptors (Lipinski definition) is 4. The molecule has 0 atom stereocenters. The summed E-state index contributed by atoms with van der Waals surface area (Å²) in [4.78, 5) is 4.26. The molecule has 4 nitrogen and oxygen atoms in total. The van der Waals surface area contributed by atoms with Gasteiger partial charge in [-0.15, -0.1) is 0 Å². The van der Waals surface area contributed by atoms with Crippen molar-refractivity contribution in [3.8, 4) is 0 Å². The third-order valence-electron chi connectivity index (χ3n) is 2.19. The maximum Gasteiger partial charge on any atom is 0.195 e. The average molecular weight is 190 g/mol. The highest BCUT2D eigenvalue weighted by Crippen LogP contribution is 2.17. The Morgan fingerprint density at radius 2 is 2.36 bits per heavy atom. The summed E-state index contributed by atoms with van der Waals surface area (Å²) in [5.41, 5.74) is 8.64. The molecule has 1 aromatic carbocycles. The lowest BCUT2D eigenvalue weighted by molar-refractivity contribution is 0.959. The molecule has 0 aromatic heterocycles. The van der Waals surface area contributed by atoms with Crippen molar-refractivity contribution in [3.05, 3.63) is 23.8 Å². The molecule has 1 heterocycles. The molecule has 0 unspecified atom stereocenters. The zero-order valence-electron chi connectivity index (χ0n) is 8.17. The zero-order valence-corrected chi connectivity index (χ0v) is 8.17. The number of nitrogens with zero attached hydrogens (tertiary/aromatic N) is 1. The summed E-state index contributed by atoms with van der Waals surface area (Å²) in [6, 6.07) is 5.80. The predicted molar refractivity (Wildman–Crippen MR) is 59.5 cm³/mol. The number of aryl methyl sites for hydroxylation is 1. The first-order valence-corrected chi connectivity index (χ1v) is 4.67. The predicted octanol–water partition coefficient (Wildman–Crippen LogP) is 0.948. The highest BCUT2D eigenvalue weighted by Gasteiger charge is 2.06. The molecule has 4 N–H and O–H groups in total. The molecule has 0 spiro atoms. The van der Waals surface area contributed by atoms with Crippen LogP contribution in [0.4, 0.5) is 11.4 Å². The molecule has 2 rings (SSSR count). The van der Waals surface area contributed by atoms with Gasteiger partial charge in [0.15, 0.2) is 5.96 Å². The molecule has 0 amide bonds. The summed E-state index contributed by atoms with van der Waals surface area (Å²) < 4.78 is 0. The van der Waals surface area contributed by atoms with Crippen LogP contribution in [0.5, 0.6) is 0 Å². The van der Waals surface area contributed by atoms with Gasteiger partial charge in [0, 0.05) is 17.9 Å². The SMILES string of the molecule is Cc1ccc(N)cc1NC1=NCCN1. The Balaban J connectivity index is 2.19. The number of aliphatic imine (C=N–C) groups is 1. The fourth-order valence-electron chi connectivity index (χ4n) is 1.38. The van der Waals surface area contributed by atoms with Gasteiger partial charge in [-0.05, 0) is 24.6 Å². The van der Waals surface area contributed by atoms with E-state index in [1.165, 1.54) is 0 Å². The Morgan fingerprint density at radius 3 is 3.07 bits per heavy atom. The van der Waals surface area contributed by atoms with Crippen molar-refractivity contribution in [1.82, 2.24) is 5.32 Å². The van der Waals surface area contributed by atoms with Crippen molar-refractivity contribution in [2.24, 2.45) is 4.99 Å². The largest absolute Gasteiger partial charge is 0.399 e. The highest BCUT2D eigenvalue weighted by molar-refractivity contribution is 5.95. The Kier molecular flexibility index (Phi) is 2.26. The van der Waals surface area contributed by atoms with Gasteiger partial charge < -0.3 is 16.4 Å². The van der Waals surface area contributed by atoms with E-state index in [4.69, 9.17) is 5.73 Å². The van der Waals surface area contributed by atoms with Gasteiger partial charge in [-0.2, -0.15) is 0 Å². The van der Waals surface area contributed by atoms with Crippen molar-refractivity contribution in [3.63, 3.8) is 0 Å². The first-order valence-electron chi connectivity index (χ1n) is 4.67. The molecule has 1 aliphatic heterocycles. The third-order valence-corrected chi connectivity index (χ3v) is 2.19. The molecule has 0 bridgehead atoms. The Hall–Kier alpha value is -1.71. The maximum atomic E-state index is 5.70. The number of guanidine groups is 1. The molecule has 0 aliphatic carbocycles. The second-order valence-corrected chi connectivity index (χ2v) is 3.36. The molecule has 0 fully saturated rings. The molecule has 4 heteroatoms. The van der Waals surface area contributed by atoms with E-state index >= 15 is 0 Å². The van der Waals surface area contributed by atoms with Gasteiger partial charge >= 0.3 is 0 Å². The molecular formula is C10H14N4. The number of nitrogen functional groups attached to an aromatic ring is 1. The molecule has 14 heavy (non-hydrogen) atoms. The fraction of sp³-hybridized carbons (Fsp3) is 0.300. The van der Waals surface area contributed by atoms with Gasteiger partial charge in [-0.25, -0.2) is 0 Å². The zero-order chi connectivity index (χ0) is 9.97. The van der Waals surface area contributed by atoms with Gasteiger partial charge in [0.05, 0.1) is 6.54 Å². The molecule has 1 aliphatic rings. The molecule has 74 valence electrons. The average Bonchev–Trinajstić information content (AvgIpc) is 2.64. The molecule has 0 saturated heterocycles. The van der Waals surface area contributed by atoms with Crippen LogP contribution < -0.4 is 16.4 Å². The van der Waals surface area contributed by atoms with Gasteiger partial charge in [-0.1, -0.05) is 6.07 Å². The van der Waals surface area contributed by atoms with E-state index in [1.807, 2.05) is 25.1 Å². The van der Waals surface area contributed by atoms with Crippen molar-refractivity contribution in [1.29, 1.82) is 0 Å². The van der Waals surface area contributed by atoms with Crippen LogP contribution in [0.2, 0.25) is 0 Å². The Labute approximate surface area is 83.2 Å². The van der Waals surface area contributed by atoms with Gasteiger partial charge in [-0.3, -0.25) is 4.99 Å². The van der Waals surface area contributed by atoms with Crippen molar-refractivity contribution < 1.29 is 0 Å². The topological polar surface area (TPSA) is 62.4 Å². The number of hydrogen-bond donors (Lipinski definition) is 3. The monoisotopic (exact) mass is 190 g/mol. The minimum absolute atomic E-state index is 0.761. The van der Waals surface area contributed by atoms with Crippen LogP contribution >= 0.6 is 0 Å². The quantitative estimate of drug-likeness (QED) is 0.578.